The fourth-order valence-corrected chi connectivity index (χ4v) is 4.04. The lowest BCUT2D eigenvalue weighted by molar-refractivity contribution is 0.0296. The first-order chi connectivity index (χ1) is 19.4. The number of aliphatic hydroxyl groups is 1. The van der Waals surface area contributed by atoms with E-state index in [1.807, 2.05) is 12.1 Å². The second kappa shape index (κ2) is 15.2. The van der Waals surface area contributed by atoms with Gasteiger partial charge in [0.2, 0.25) is 0 Å². The molecule has 9 heteroatoms. The Morgan fingerprint density at radius 2 is 1.73 bits per heavy atom. The molecule has 40 heavy (non-hydrogen) atoms. The fourth-order valence-electron chi connectivity index (χ4n) is 4.04. The summed E-state index contributed by atoms with van der Waals surface area (Å²) >= 11 is 0. The van der Waals surface area contributed by atoms with Crippen molar-refractivity contribution < 1.29 is 38.4 Å². The number of rotatable bonds is 14. The summed E-state index contributed by atoms with van der Waals surface area (Å²) in [5.41, 5.74) is 3.14. The summed E-state index contributed by atoms with van der Waals surface area (Å²) < 4.78 is 27.6. The molecule has 3 aromatic rings. The molecule has 1 heterocycles. The zero-order chi connectivity index (χ0) is 28.9. The minimum atomic E-state index is -0.782. The zero-order valence-electron chi connectivity index (χ0n) is 22.8. The molecule has 0 radical (unpaired) electrons. The van der Waals surface area contributed by atoms with Gasteiger partial charge in [0.1, 0.15) is 24.2 Å². The standard InChI is InChI=1S/C31H33NO8/c1-21(20-36-2)24(26-19-23(30(34)38-4)9-11-27(26)37-3)10-12-29(40-31(35)22-13-15-32-16-14-22)25-7-5-6-8-28(25)39-18-17-33/h5-11,13-16,19,29,33H,1,12,17-18,20H2,2-4H3/b24-10-/t29-/m1/s1. The van der Waals surface area contributed by atoms with Gasteiger partial charge in [0, 0.05) is 37.1 Å². The van der Waals surface area contributed by atoms with Gasteiger partial charge >= 0.3 is 11.9 Å². The second-order valence-electron chi connectivity index (χ2n) is 8.54. The average molecular weight is 548 g/mol. The highest BCUT2D eigenvalue weighted by molar-refractivity contribution is 5.93. The number of methoxy groups -OCH3 is 3. The van der Waals surface area contributed by atoms with Crippen molar-refractivity contribution in [1.82, 2.24) is 4.98 Å². The number of ether oxygens (including phenoxy) is 5. The van der Waals surface area contributed by atoms with Gasteiger partial charge in [0.25, 0.3) is 0 Å². The number of hydrogen-bond acceptors (Lipinski definition) is 9. The molecule has 0 spiro atoms. The van der Waals surface area contributed by atoms with E-state index in [0.29, 0.717) is 44.9 Å². The topological polar surface area (TPSA) is 113 Å². The number of nitrogens with zero attached hydrogens (tertiary/aromatic N) is 1. The molecule has 3 rings (SSSR count). The molecule has 1 atom stereocenters. The summed E-state index contributed by atoms with van der Waals surface area (Å²) in [5.74, 6) is -0.0618. The van der Waals surface area contributed by atoms with Crippen LogP contribution in [0, 0.1) is 0 Å². The highest BCUT2D eigenvalue weighted by Gasteiger charge is 2.23. The van der Waals surface area contributed by atoms with Crippen LogP contribution in [0.2, 0.25) is 0 Å². The highest BCUT2D eigenvalue weighted by atomic mass is 16.5. The first kappa shape index (κ1) is 30.1. The van der Waals surface area contributed by atoms with Crippen LogP contribution in [-0.2, 0) is 14.2 Å². The van der Waals surface area contributed by atoms with Crippen LogP contribution in [0.3, 0.4) is 0 Å². The zero-order valence-corrected chi connectivity index (χ0v) is 22.8. The van der Waals surface area contributed by atoms with Crippen molar-refractivity contribution >= 4 is 17.5 Å². The number of aromatic nitrogens is 1. The van der Waals surface area contributed by atoms with E-state index in [0.717, 1.165) is 0 Å². The normalized spacial score (nSPS) is 11.8. The molecule has 210 valence electrons. The monoisotopic (exact) mass is 547 g/mol. The van der Waals surface area contributed by atoms with Gasteiger partial charge in [-0.15, -0.1) is 0 Å². The third kappa shape index (κ3) is 7.78. The lowest BCUT2D eigenvalue weighted by Gasteiger charge is -2.21. The Labute approximate surface area is 233 Å². The van der Waals surface area contributed by atoms with Crippen LogP contribution in [0.15, 0.2) is 85.2 Å². The van der Waals surface area contributed by atoms with Crippen LogP contribution in [0.4, 0.5) is 0 Å². The molecule has 0 saturated heterocycles. The van der Waals surface area contributed by atoms with E-state index in [-0.39, 0.29) is 26.2 Å². The molecule has 0 saturated carbocycles. The quantitative estimate of drug-likeness (QED) is 0.224. The maximum Gasteiger partial charge on any atom is 0.338 e. The molecule has 0 aliphatic carbocycles. The van der Waals surface area contributed by atoms with Gasteiger partial charge in [-0.1, -0.05) is 30.9 Å². The van der Waals surface area contributed by atoms with Crippen LogP contribution < -0.4 is 9.47 Å². The number of pyridine rings is 1. The van der Waals surface area contributed by atoms with Gasteiger partial charge < -0.3 is 28.8 Å². The van der Waals surface area contributed by atoms with Crippen LogP contribution in [0.5, 0.6) is 11.5 Å². The molecule has 2 aromatic carbocycles. The Bertz CT molecular complexity index is 1340. The molecule has 1 N–H and O–H groups in total. The number of hydrogen-bond donors (Lipinski definition) is 1. The molecule has 0 bridgehead atoms. The third-order valence-corrected chi connectivity index (χ3v) is 5.93. The maximum atomic E-state index is 13.1. The summed E-state index contributed by atoms with van der Waals surface area (Å²) in [6.45, 7) is 4.28. The van der Waals surface area contributed by atoms with E-state index >= 15 is 0 Å². The number of aliphatic hydroxyl groups excluding tert-OH is 1. The second-order valence-corrected chi connectivity index (χ2v) is 8.54. The van der Waals surface area contributed by atoms with E-state index in [2.05, 4.69) is 11.6 Å². The van der Waals surface area contributed by atoms with Gasteiger partial charge in [0.05, 0.1) is 38.6 Å². The first-order valence-corrected chi connectivity index (χ1v) is 12.5. The lowest BCUT2D eigenvalue weighted by Crippen LogP contribution is -2.14. The van der Waals surface area contributed by atoms with Crippen molar-refractivity contribution in [2.75, 3.05) is 41.2 Å². The number of benzene rings is 2. The van der Waals surface area contributed by atoms with E-state index < -0.39 is 18.0 Å². The first-order valence-electron chi connectivity index (χ1n) is 12.5. The van der Waals surface area contributed by atoms with Crippen LogP contribution in [-0.4, -0.2) is 63.2 Å². The van der Waals surface area contributed by atoms with E-state index in [1.165, 1.54) is 26.6 Å². The molecular weight excluding hydrogens is 514 g/mol. The van der Waals surface area contributed by atoms with Crippen molar-refractivity contribution in [3.8, 4) is 11.5 Å². The van der Waals surface area contributed by atoms with Gasteiger partial charge in [0.15, 0.2) is 0 Å². The van der Waals surface area contributed by atoms with Gasteiger partial charge in [-0.05, 0) is 47.5 Å². The van der Waals surface area contributed by atoms with Crippen molar-refractivity contribution in [3.05, 3.63) is 107 Å². The Morgan fingerprint density at radius 3 is 2.40 bits per heavy atom. The molecule has 9 nitrogen and oxygen atoms in total. The Hall–Kier alpha value is -4.47. The Balaban J connectivity index is 2.10. The van der Waals surface area contributed by atoms with Crippen molar-refractivity contribution in [3.63, 3.8) is 0 Å². The van der Waals surface area contributed by atoms with Crippen LogP contribution in [0.25, 0.3) is 5.57 Å². The molecule has 0 aliphatic rings. The van der Waals surface area contributed by atoms with Gasteiger partial charge in [-0.3, -0.25) is 4.98 Å². The number of carbonyl (C=O) groups excluding carboxylic acids is 2. The predicted molar refractivity (Wildman–Crippen MR) is 149 cm³/mol. The smallest absolute Gasteiger partial charge is 0.338 e. The lowest BCUT2D eigenvalue weighted by atomic mass is 9.94. The summed E-state index contributed by atoms with van der Waals surface area (Å²) in [6.07, 6.45) is 4.30. The SMILES string of the molecule is C=C(COC)/C(=C/C[C@@H](OC(=O)c1ccncc1)c1ccccc1OCCO)c1cc(C(=O)OC)ccc1OC. The van der Waals surface area contributed by atoms with Gasteiger partial charge in [-0.25, -0.2) is 9.59 Å². The number of para-hydroxylation sites is 1. The highest BCUT2D eigenvalue weighted by Crippen LogP contribution is 2.36. The molecule has 1 aromatic heterocycles. The summed E-state index contributed by atoms with van der Waals surface area (Å²) in [6, 6.07) is 15.2. The fraction of sp³-hybridized carbons (Fsp3) is 0.258. The minimum Gasteiger partial charge on any atom is -0.496 e. The van der Waals surface area contributed by atoms with Crippen LogP contribution >= 0.6 is 0 Å². The van der Waals surface area contributed by atoms with E-state index in [4.69, 9.17) is 23.7 Å². The van der Waals surface area contributed by atoms with Crippen molar-refractivity contribution in [1.29, 1.82) is 0 Å². The maximum absolute atomic E-state index is 13.1. The van der Waals surface area contributed by atoms with E-state index in [9.17, 15) is 14.7 Å². The van der Waals surface area contributed by atoms with Crippen LogP contribution in [0.1, 0.15) is 44.4 Å². The van der Waals surface area contributed by atoms with Crippen molar-refractivity contribution in [2.45, 2.75) is 12.5 Å². The molecular formula is C31H33NO8. The summed E-state index contributed by atoms with van der Waals surface area (Å²) in [7, 11) is 4.39. The number of esters is 2. The average Bonchev–Trinajstić information content (AvgIpc) is 2.99. The van der Waals surface area contributed by atoms with Gasteiger partial charge in [-0.2, -0.15) is 0 Å². The summed E-state index contributed by atoms with van der Waals surface area (Å²) in [5, 5.41) is 9.30. The van der Waals surface area contributed by atoms with Crippen molar-refractivity contribution in [2.24, 2.45) is 0 Å². The largest absolute Gasteiger partial charge is 0.496 e. The Kier molecular flexibility index (Phi) is 11.4. The molecule has 0 unspecified atom stereocenters. The minimum absolute atomic E-state index is 0.0747. The molecule has 0 aliphatic heterocycles. The predicted octanol–water partition coefficient (Wildman–Crippen LogP) is 4.82. The molecule has 0 amide bonds. The number of carbonyl (C=O) groups is 2. The summed E-state index contributed by atoms with van der Waals surface area (Å²) in [4.78, 5) is 29.3. The Morgan fingerprint density at radius 1 is 0.975 bits per heavy atom. The third-order valence-electron chi connectivity index (χ3n) is 5.93. The van der Waals surface area contributed by atoms with E-state index in [1.54, 1.807) is 55.6 Å². The molecule has 0 fully saturated rings.